The fraction of sp³-hybridized carbons (Fsp3) is 0.316. The lowest BCUT2D eigenvalue weighted by Crippen LogP contribution is -2.44. The molecule has 3 aliphatic heterocycles. The van der Waals surface area contributed by atoms with Crippen molar-refractivity contribution in [3.63, 3.8) is 0 Å². The highest BCUT2D eigenvalue weighted by Gasteiger charge is 2.29. The van der Waals surface area contributed by atoms with Crippen LogP contribution in [-0.4, -0.2) is 53.9 Å². The lowest BCUT2D eigenvalue weighted by atomic mass is 10.2. The van der Waals surface area contributed by atoms with Crippen LogP contribution < -0.4 is 5.32 Å². The van der Waals surface area contributed by atoms with Gasteiger partial charge in [-0.05, 0) is 35.3 Å². The first-order valence-electron chi connectivity index (χ1n) is 8.66. The molecule has 2 unspecified atom stereocenters. The molecule has 1 saturated heterocycles. The van der Waals surface area contributed by atoms with E-state index in [9.17, 15) is 9.18 Å². The minimum atomic E-state index is -0.226. The molecule has 0 radical (unpaired) electrons. The molecule has 1 amide bonds. The van der Waals surface area contributed by atoms with Crippen molar-refractivity contribution in [2.24, 2.45) is 0 Å². The Morgan fingerprint density at radius 2 is 2.12 bits per heavy atom. The first kappa shape index (κ1) is 17.8. The molecule has 1 aromatic rings. The number of thioether (sulfide) groups is 1. The Balaban J connectivity index is 1.57. The van der Waals surface area contributed by atoms with E-state index in [0.717, 1.165) is 42.8 Å². The molecular weight excluding hydrogens is 368 g/mol. The topological polar surface area (TPSA) is 35.6 Å². The number of nitrogens with one attached hydrogen (secondary N) is 1. The maximum atomic E-state index is 14.1. The van der Waals surface area contributed by atoms with Crippen LogP contribution in [0.4, 0.5) is 4.39 Å². The maximum Gasteiger partial charge on any atom is 0.252 e. The van der Waals surface area contributed by atoms with Crippen molar-refractivity contribution in [1.82, 2.24) is 15.1 Å². The normalized spacial score (nSPS) is 23.8. The summed E-state index contributed by atoms with van der Waals surface area (Å²) in [6, 6.07) is 5.24. The smallest absolute Gasteiger partial charge is 0.252 e. The van der Waals surface area contributed by atoms with Crippen LogP contribution in [0.3, 0.4) is 0 Å². The molecule has 7 heteroatoms. The van der Waals surface area contributed by atoms with E-state index in [4.69, 9.17) is 0 Å². The van der Waals surface area contributed by atoms with Gasteiger partial charge in [-0.15, -0.1) is 11.8 Å². The van der Waals surface area contributed by atoms with Gasteiger partial charge in [-0.1, -0.05) is 20.7 Å². The third-order valence-corrected chi connectivity index (χ3v) is 7.07. The van der Waals surface area contributed by atoms with Gasteiger partial charge in [0.05, 0.1) is 11.5 Å². The first-order chi connectivity index (χ1) is 12.7. The first-order valence-corrected chi connectivity index (χ1v) is 11.0. The summed E-state index contributed by atoms with van der Waals surface area (Å²) in [6.07, 6.45) is 9.71. The van der Waals surface area contributed by atoms with Crippen LogP contribution in [-0.2, 0) is 4.79 Å². The molecule has 0 aliphatic carbocycles. The van der Waals surface area contributed by atoms with E-state index in [1.807, 2.05) is 23.4 Å². The minimum absolute atomic E-state index is 0.0254. The zero-order chi connectivity index (χ0) is 18.1. The minimum Gasteiger partial charge on any atom is -0.368 e. The number of amides is 1. The van der Waals surface area contributed by atoms with Crippen molar-refractivity contribution in [1.29, 1.82) is 0 Å². The molecule has 0 spiro atoms. The van der Waals surface area contributed by atoms with Gasteiger partial charge in [0.15, 0.2) is 0 Å². The summed E-state index contributed by atoms with van der Waals surface area (Å²) in [4.78, 5) is 17.4. The summed E-state index contributed by atoms with van der Waals surface area (Å²) in [7, 11) is 0.409. The second-order valence-corrected chi connectivity index (χ2v) is 8.66. The van der Waals surface area contributed by atoms with Crippen LogP contribution in [0.15, 0.2) is 53.2 Å². The summed E-state index contributed by atoms with van der Waals surface area (Å²) in [5, 5.41) is 4.26. The Labute approximate surface area is 159 Å². The Bertz CT molecular complexity index is 817. The Hall–Kier alpha value is -1.62. The van der Waals surface area contributed by atoms with E-state index in [2.05, 4.69) is 22.4 Å². The molecule has 1 N–H and O–H groups in total. The van der Waals surface area contributed by atoms with Crippen LogP contribution >= 0.6 is 20.3 Å². The second kappa shape index (κ2) is 7.55. The fourth-order valence-corrected chi connectivity index (χ4v) is 5.22. The van der Waals surface area contributed by atoms with E-state index in [-0.39, 0.29) is 17.5 Å². The van der Waals surface area contributed by atoms with Gasteiger partial charge in [-0.25, -0.2) is 4.39 Å². The van der Waals surface area contributed by atoms with Gasteiger partial charge in [-0.3, -0.25) is 4.79 Å². The van der Waals surface area contributed by atoms with E-state index < -0.39 is 0 Å². The molecule has 0 bridgehead atoms. The van der Waals surface area contributed by atoms with Crippen molar-refractivity contribution in [2.75, 3.05) is 32.4 Å². The number of benzene rings is 1. The van der Waals surface area contributed by atoms with Crippen molar-refractivity contribution in [3.05, 3.63) is 59.7 Å². The van der Waals surface area contributed by atoms with Gasteiger partial charge in [0.25, 0.3) is 5.91 Å². The highest BCUT2D eigenvalue weighted by molar-refractivity contribution is 7.98. The SMILES string of the molecule is CSc1ccc(C2=CC(=O)N3C=C(N4CCNCC4)C=CC3P2)cc1F. The number of hydrogen-bond acceptors (Lipinski definition) is 4. The molecule has 0 saturated carbocycles. The van der Waals surface area contributed by atoms with Gasteiger partial charge in [-0.2, -0.15) is 0 Å². The number of rotatable bonds is 3. The lowest BCUT2D eigenvalue weighted by Gasteiger charge is -2.37. The molecule has 4 rings (SSSR count). The van der Waals surface area contributed by atoms with E-state index >= 15 is 0 Å². The van der Waals surface area contributed by atoms with Gasteiger partial charge in [0.1, 0.15) is 5.82 Å². The van der Waals surface area contributed by atoms with Crippen LogP contribution in [0, 0.1) is 5.82 Å². The summed E-state index contributed by atoms with van der Waals surface area (Å²) < 4.78 is 14.1. The molecule has 1 aromatic carbocycles. The molecule has 3 aliphatic rings. The standard InChI is InChI=1S/C19H21FN3OPS/c1-26-17-4-2-13(10-15(17)20)16-11-18(24)23-12-14(3-5-19(23)25-16)22-8-6-21-7-9-22/h2-5,10-12,19,21,25H,6-9H2,1H3. The number of carbonyl (C=O) groups is 1. The molecular formula is C19H21FN3OPS. The molecule has 0 aromatic heterocycles. The highest BCUT2D eigenvalue weighted by atomic mass is 32.2. The molecule has 1 fully saturated rings. The van der Waals surface area contributed by atoms with Gasteiger partial charge in [0, 0.05) is 43.4 Å². The number of carbonyl (C=O) groups excluding carboxylic acids is 1. The second-order valence-electron chi connectivity index (χ2n) is 6.39. The predicted octanol–water partition coefficient (Wildman–Crippen LogP) is 3.05. The number of fused-ring (bicyclic) bond motifs is 1. The number of nitrogens with zero attached hydrogens (tertiary/aromatic N) is 2. The largest absolute Gasteiger partial charge is 0.368 e. The fourth-order valence-electron chi connectivity index (χ4n) is 3.38. The van der Waals surface area contributed by atoms with Crippen molar-refractivity contribution < 1.29 is 9.18 Å². The zero-order valence-corrected chi connectivity index (χ0v) is 16.4. The average molecular weight is 389 g/mol. The van der Waals surface area contributed by atoms with Gasteiger partial charge >= 0.3 is 0 Å². The molecule has 26 heavy (non-hydrogen) atoms. The summed E-state index contributed by atoms with van der Waals surface area (Å²) in [5.41, 5.74) is 1.89. The quantitative estimate of drug-likeness (QED) is 0.637. The van der Waals surface area contributed by atoms with E-state index in [1.54, 1.807) is 18.2 Å². The third kappa shape index (κ3) is 3.46. The van der Waals surface area contributed by atoms with E-state index in [0.29, 0.717) is 13.5 Å². The van der Waals surface area contributed by atoms with E-state index in [1.165, 1.54) is 11.8 Å². The Morgan fingerprint density at radius 3 is 2.85 bits per heavy atom. The molecule has 136 valence electrons. The molecule has 2 atom stereocenters. The predicted molar refractivity (Wildman–Crippen MR) is 107 cm³/mol. The number of hydrogen-bond donors (Lipinski definition) is 1. The number of allylic oxidation sites excluding steroid dienone is 1. The van der Waals surface area contributed by atoms with Crippen molar-refractivity contribution >= 4 is 31.6 Å². The van der Waals surface area contributed by atoms with Gasteiger partial charge < -0.3 is 15.1 Å². The summed E-state index contributed by atoms with van der Waals surface area (Å²) in [5.74, 6) is -0.233. The molecule has 3 heterocycles. The lowest BCUT2D eigenvalue weighted by molar-refractivity contribution is -0.123. The average Bonchev–Trinajstić information content (AvgIpc) is 2.68. The Morgan fingerprint density at radius 1 is 1.31 bits per heavy atom. The Kier molecular flexibility index (Phi) is 5.16. The third-order valence-electron chi connectivity index (χ3n) is 4.79. The molecule has 4 nitrogen and oxygen atoms in total. The van der Waals surface area contributed by atoms with Crippen molar-refractivity contribution in [2.45, 2.75) is 10.7 Å². The van der Waals surface area contributed by atoms with Crippen LogP contribution in [0.1, 0.15) is 5.56 Å². The van der Waals surface area contributed by atoms with Crippen molar-refractivity contribution in [3.8, 4) is 0 Å². The monoisotopic (exact) mass is 389 g/mol. The van der Waals surface area contributed by atoms with Crippen LogP contribution in [0.5, 0.6) is 0 Å². The zero-order valence-electron chi connectivity index (χ0n) is 14.5. The number of piperazine rings is 1. The van der Waals surface area contributed by atoms with Crippen LogP contribution in [0.25, 0.3) is 5.31 Å². The summed E-state index contributed by atoms with van der Waals surface area (Å²) in [6.45, 7) is 3.83. The maximum absolute atomic E-state index is 14.1. The van der Waals surface area contributed by atoms with Gasteiger partial charge in [0.2, 0.25) is 0 Å². The van der Waals surface area contributed by atoms with Crippen LogP contribution in [0.2, 0.25) is 0 Å². The number of halogens is 1. The highest BCUT2D eigenvalue weighted by Crippen LogP contribution is 2.45. The summed E-state index contributed by atoms with van der Waals surface area (Å²) >= 11 is 1.39.